The van der Waals surface area contributed by atoms with Crippen LogP contribution in [0.25, 0.3) is 0 Å². The molecule has 0 heterocycles. The van der Waals surface area contributed by atoms with Crippen molar-refractivity contribution in [3.05, 3.63) is 0 Å². The van der Waals surface area contributed by atoms with Gasteiger partial charge in [0.25, 0.3) is 0 Å². The van der Waals surface area contributed by atoms with Crippen molar-refractivity contribution in [1.29, 1.82) is 0 Å². The molecule has 1 unspecified atom stereocenters. The number of rotatable bonds is 7. The van der Waals surface area contributed by atoms with Crippen LogP contribution >= 0.6 is 0 Å². The third-order valence-electron chi connectivity index (χ3n) is 2.65. The highest BCUT2D eigenvalue weighted by Crippen LogP contribution is 2.21. The van der Waals surface area contributed by atoms with Crippen LogP contribution in [0.1, 0.15) is 39.5 Å². The molecule has 0 aliphatic heterocycles. The van der Waals surface area contributed by atoms with Crippen LogP contribution in [0.2, 0.25) is 0 Å². The van der Waals surface area contributed by atoms with Gasteiger partial charge in [0.15, 0.2) is 0 Å². The van der Waals surface area contributed by atoms with Crippen molar-refractivity contribution in [2.45, 2.75) is 51.2 Å². The number of nitrogens with one attached hydrogen (secondary N) is 1. The molecule has 2 nitrogen and oxygen atoms in total. The van der Waals surface area contributed by atoms with Crippen LogP contribution in [-0.2, 0) is 0 Å². The van der Waals surface area contributed by atoms with Gasteiger partial charge in [-0.3, -0.25) is 0 Å². The fourth-order valence-corrected chi connectivity index (χ4v) is 1.44. The van der Waals surface area contributed by atoms with Gasteiger partial charge in [0.05, 0.1) is 13.2 Å². The van der Waals surface area contributed by atoms with E-state index >= 15 is 0 Å². The zero-order valence-electron chi connectivity index (χ0n) is 9.32. The van der Waals surface area contributed by atoms with Gasteiger partial charge >= 0.3 is 6.18 Å². The summed E-state index contributed by atoms with van der Waals surface area (Å²) in [6.45, 7) is 2.47. The molecule has 0 aromatic carbocycles. The van der Waals surface area contributed by atoms with Gasteiger partial charge in [-0.15, -0.1) is 0 Å². The molecule has 1 atom stereocenters. The van der Waals surface area contributed by atoms with Crippen molar-refractivity contribution >= 4 is 0 Å². The predicted octanol–water partition coefficient (Wildman–Crippen LogP) is 2.47. The summed E-state index contributed by atoms with van der Waals surface area (Å²) in [5.41, 5.74) is -0.772. The van der Waals surface area contributed by atoms with E-state index in [1.807, 2.05) is 6.92 Å². The summed E-state index contributed by atoms with van der Waals surface area (Å²) in [5, 5.41) is 11.6. The number of aliphatic hydroxyl groups excluding tert-OH is 1. The third-order valence-corrected chi connectivity index (χ3v) is 2.65. The summed E-state index contributed by atoms with van der Waals surface area (Å²) >= 11 is 0. The summed E-state index contributed by atoms with van der Waals surface area (Å²) < 4.78 is 36.1. The second kappa shape index (κ2) is 6.33. The Hall–Kier alpha value is -0.290. The number of alkyl halides is 3. The Kier molecular flexibility index (Phi) is 6.20. The van der Waals surface area contributed by atoms with Crippen LogP contribution in [0.5, 0.6) is 0 Å². The van der Waals surface area contributed by atoms with Crippen LogP contribution in [0, 0.1) is 0 Å². The first-order chi connectivity index (χ1) is 6.89. The maximum Gasteiger partial charge on any atom is 0.401 e. The van der Waals surface area contributed by atoms with E-state index in [1.165, 1.54) is 0 Å². The molecule has 0 fully saturated rings. The van der Waals surface area contributed by atoms with Gasteiger partial charge in [0, 0.05) is 5.54 Å². The molecule has 0 aromatic rings. The summed E-state index contributed by atoms with van der Waals surface area (Å²) in [4.78, 5) is 0. The fraction of sp³-hybridized carbons (Fsp3) is 1.00. The minimum atomic E-state index is -4.22. The number of halogens is 3. The molecule has 0 aliphatic rings. The molecule has 0 saturated carbocycles. The smallest absolute Gasteiger partial charge is 0.394 e. The van der Waals surface area contributed by atoms with E-state index in [1.54, 1.807) is 6.92 Å². The lowest BCUT2D eigenvalue weighted by Crippen LogP contribution is -2.51. The van der Waals surface area contributed by atoms with Gasteiger partial charge in [-0.1, -0.05) is 26.7 Å². The molecule has 2 N–H and O–H groups in total. The Morgan fingerprint density at radius 3 is 2.13 bits per heavy atom. The normalized spacial score (nSPS) is 16.4. The highest BCUT2D eigenvalue weighted by Gasteiger charge is 2.33. The van der Waals surface area contributed by atoms with Gasteiger partial charge in [-0.05, 0) is 12.8 Å². The predicted molar refractivity (Wildman–Crippen MR) is 53.7 cm³/mol. The van der Waals surface area contributed by atoms with E-state index in [0.717, 1.165) is 12.8 Å². The quantitative estimate of drug-likeness (QED) is 0.700. The van der Waals surface area contributed by atoms with Crippen molar-refractivity contribution in [1.82, 2.24) is 5.32 Å². The first kappa shape index (κ1) is 14.7. The number of hydrogen-bond acceptors (Lipinski definition) is 2. The molecule has 0 aliphatic carbocycles. The second-order valence-corrected chi connectivity index (χ2v) is 3.86. The number of hydrogen-bond donors (Lipinski definition) is 2. The largest absolute Gasteiger partial charge is 0.401 e. The second-order valence-electron chi connectivity index (χ2n) is 3.86. The van der Waals surface area contributed by atoms with E-state index < -0.39 is 18.3 Å². The monoisotopic (exact) mass is 227 g/mol. The summed E-state index contributed by atoms with van der Waals surface area (Å²) in [5.74, 6) is 0. The van der Waals surface area contributed by atoms with Gasteiger partial charge in [0.1, 0.15) is 0 Å². The molecule has 15 heavy (non-hydrogen) atoms. The van der Waals surface area contributed by atoms with Crippen molar-refractivity contribution in [2.75, 3.05) is 13.2 Å². The maximum absolute atomic E-state index is 12.0. The average Bonchev–Trinajstić information content (AvgIpc) is 2.18. The number of unbranched alkanes of at least 4 members (excludes halogenated alkanes) is 1. The van der Waals surface area contributed by atoms with Crippen LogP contribution in [0.15, 0.2) is 0 Å². The minimum Gasteiger partial charge on any atom is -0.394 e. The maximum atomic E-state index is 12.0. The van der Waals surface area contributed by atoms with Crippen molar-refractivity contribution < 1.29 is 18.3 Å². The van der Waals surface area contributed by atoms with Crippen LogP contribution in [0.3, 0.4) is 0 Å². The van der Waals surface area contributed by atoms with E-state index in [9.17, 15) is 18.3 Å². The average molecular weight is 227 g/mol. The molecule has 0 saturated heterocycles. The van der Waals surface area contributed by atoms with Crippen molar-refractivity contribution in [2.24, 2.45) is 0 Å². The molecule has 0 bridgehead atoms. The lowest BCUT2D eigenvalue weighted by molar-refractivity contribution is -0.130. The lowest BCUT2D eigenvalue weighted by atomic mass is 9.90. The molecule has 0 spiro atoms. The Morgan fingerprint density at radius 2 is 1.80 bits per heavy atom. The third kappa shape index (κ3) is 5.99. The Balaban J connectivity index is 4.23. The standard InChI is InChI=1S/C10H20F3NO/c1-3-5-6-9(4-2,8-15)14-7-10(11,12)13/h14-15H,3-8H2,1-2H3. The first-order valence-corrected chi connectivity index (χ1v) is 5.32. The summed E-state index contributed by atoms with van der Waals surface area (Å²) in [7, 11) is 0. The highest BCUT2D eigenvalue weighted by atomic mass is 19.4. The zero-order valence-corrected chi connectivity index (χ0v) is 9.32. The molecule has 92 valence electrons. The Bertz CT molecular complexity index is 167. The summed E-state index contributed by atoms with van der Waals surface area (Å²) in [6, 6.07) is 0. The molecule has 5 heteroatoms. The first-order valence-electron chi connectivity index (χ1n) is 5.32. The summed E-state index contributed by atoms with van der Waals surface area (Å²) in [6.07, 6.45) is -1.41. The Labute approximate surface area is 88.9 Å². The van der Waals surface area contributed by atoms with Gasteiger partial charge in [-0.2, -0.15) is 13.2 Å². The van der Waals surface area contributed by atoms with E-state index in [4.69, 9.17) is 0 Å². The van der Waals surface area contributed by atoms with E-state index in [-0.39, 0.29) is 6.61 Å². The minimum absolute atomic E-state index is 0.250. The molecular weight excluding hydrogens is 207 g/mol. The van der Waals surface area contributed by atoms with Crippen LogP contribution < -0.4 is 5.32 Å². The highest BCUT2D eigenvalue weighted by molar-refractivity contribution is 4.86. The van der Waals surface area contributed by atoms with Crippen molar-refractivity contribution in [3.8, 4) is 0 Å². The van der Waals surface area contributed by atoms with Gasteiger partial charge in [0.2, 0.25) is 0 Å². The Morgan fingerprint density at radius 1 is 1.20 bits per heavy atom. The zero-order chi connectivity index (χ0) is 11.9. The van der Waals surface area contributed by atoms with Gasteiger partial charge in [-0.25, -0.2) is 0 Å². The van der Waals surface area contributed by atoms with Crippen LogP contribution in [-0.4, -0.2) is 30.0 Å². The molecule has 0 aromatic heterocycles. The SMILES string of the molecule is CCCCC(CC)(CO)NCC(F)(F)F. The number of aliphatic hydroxyl groups is 1. The lowest BCUT2D eigenvalue weighted by Gasteiger charge is -2.32. The van der Waals surface area contributed by atoms with E-state index in [0.29, 0.717) is 12.8 Å². The van der Waals surface area contributed by atoms with Crippen molar-refractivity contribution in [3.63, 3.8) is 0 Å². The molecular formula is C10H20F3NO. The topological polar surface area (TPSA) is 32.3 Å². The van der Waals surface area contributed by atoms with Crippen LogP contribution in [0.4, 0.5) is 13.2 Å². The molecule has 0 amide bonds. The fourth-order valence-electron chi connectivity index (χ4n) is 1.44. The molecule has 0 rings (SSSR count). The van der Waals surface area contributed by atoms with E-state index in [2.05, 4.69) is 5.32 Å². The molecule has 0 radical (unpaired) electrons. The van der Waals surface area contributed by atoms with Gasteiger partial charge < -0.3 is 10.4 Å².